The summed E-state index contributed by atoms with van der Waals surface area (Å²) in [5, 5.41) is 23.0. The van der Waals surface area contributed by atoms with Crippen molar-refractivity contribution in [2.24, 2.45) is 5.92 Å². The van der Waals surface area contributed by atoms with Crippen LogP contribution in [0, 0.1) is 5.92 Å². The van der Waals surface area contributed by atoms with Crippen LogP contribution in [-0.4, -0.2) is 113 Å². The molecule has 1 spiro atoms. The zero-order valence-corrected chi connectivity index (χ0v) is 35.0. The van der Waals surface area contributed by atoms with Gasteiger partial charge in [-0.3, -0.25) is 24.0 Å². The molecule has 3 heterocycles. The Bertz CT molecular complexity index is 1430. The van der Waals surface area contributed by atoms with Gasteiger partial charge in [0.2, 0.25) is 23.6 Å². The van der Waals surface area contributed by atoms with Crippen LogP contribution in [0.15, 0.2) is 36.0 Å². The van der Waals surface area contributed by atoms with Gasteiger partial charge in [0.25, 0.3) is 0 Å². The fourth-order valence-corrected chi connectivity index (χ4v) is 7.67. The van der Waals surface area contributed by atoms with Crippen molar-refractivity contribution in [1.82, 2.24) is 21.3 Å². The molecule has 4 amide bonds. The number of rotatable bonds is 19. The second kappa shape index (κ2) is 21.6. The Balaban J connectivity index is 1.15. The molecule has 1 saturated carbocycles. The summed E-state index contributed by atoms with van der Waals surface area (Å²) in [4.78, 5) is 60.1. The predicted molar refractivity (Wildman–Crippen MR) is 214 cm³/mol. The summed E-state index contributed by atoms with van der Waals surface area (Å²) >= 11 is 2.03. The van der Waals surface area contributed by atoms with Crippen molar-refractivity contribution in [2.45, 2.75) is 159 Å². The van der Waals surface area contributed by atoms with Crippen LogP contribution < -0.4 is 21.3 Å². The van der Waals surface area contributed by atoms with E-state index in [0.717, 1.165) is 31.3 Å². The number of aliphatic hydroxyl groups excluding tert-OH is 1. The lowest BCUT2D eigenvalue weighted by molar-refractivity contribution is -0.146. The zero-order valence-electron chi connectivity index (χ0n) is 32.9. The molecule has 0 radical (unpaired) electrons. The van der Waals surface area contributed by atoms with Crippen molar-refractivity contribution in [2.75, 3.05) is 17.6 Å². The molecule has 4 aliphatic rings. The van der Waals surface area contributed by atoms with Crippen LogP contribution in [0.25, 0.3) is 0 Å². The highest BCUT2D eigenvalue weighted by Gasteiger charge is 2.58. The number of aliphatic hydroxyl groups is 1. The first kappa shape index (κ1) is 44.8. The molecule has 1 aliphatic carbocycles. The fraction of sp³-hybridized carbons (Fsp3) is 0.725. The van der Waals surface area contributed by atoms with E-state index in [1.165, 1.54) is 13.0 Å². The Labute approximate surface area is 338 Å². The van der Waals surface area contributed by atoms with Crippen LogP contribution in [0.1, 0.15) is 98.8 Å². The molecule has 14 nitrogen and oxygen atoms in total. The van der Waals surface area contributed by atoms with E-state index in [4.69, 9.17) is 18.9 Å². The molecule has 0 aromatic heterocycles. The van der Waals surface area contributed by atoms with Gasteiger partial charge in [-0.15, -0.1) is 0 Å². The van der Waals surface area contributed by atoms with Crippen LogP contribution >= 0.6 is 22.6 Å². The van der Waals surface area contributed by atoms with Gasteiger partial charge in [0.05, 0.1) is 41.8 Å². The maximum Gasteiger partial charge on any atom is 0.303 e. The Morgan fingerprint density at radius 2 is 1.65 bits per heavy atom. The lowest BCUT2D eigenvalue weighted by atomic mass is 9.85. The zero-order chi connectivity index (χ0) is 40.1. The van der Waals surface area contributed by atoms with Crippen molar-refractivity contribution < 1.29 is 48.0 Å². The molecule has 0 aromatic carbocycles. The number of allylic oxidation sites excluding steroid dienone is 2. The van der Waals surface area contributed by atoms with E-state index in [1.54, 1.807) is 13.0 Å². The molecule has 308 valence electrons. The van der Waals surface area contributed by atoms with E-state index in [2.05, 4.69) is 34.3 Å². The van der Waals surface area contributed by atoms with Gasteiger partial charge < -0.3 is 45.3 Å². The molecule has 5 N–H and O–H groups in total. The minimum atomic E-state index is -0.845. The van der Waals surface area contributed by atoms with Gasteiger partial charge in [-0.1, -0.05) is 59.7 Å². The SMILES string of the molecule is CC(=O)O[C@@H](C)/C=C\C(=O)N[C@@H]1C[C@H](C)[C@H](C/C=C(C)/C=C/[C@H]2O[C@H](CC(=O)NC3CC(NC(=O)CCCCCNC(=O)CI)C3)C[C@@]3(CO3)[C@@H]2O)O[C@@H]1C. The molecule has 0 aromatic rings. The van der Waals surface area contributed by atoms with Crippen LogP contribution in [0.3, 0.4) is 0 Å². The smallest absolute Gasteiger partial charge is 0.303 e. The topological polar surface area (TPSA) is 194 Å². The van der Waals surface area contributed by atoms with Gasteiger partial charge in [0.15, 0.2) is 0 Å². The van der Waals surface area contributed by atoms with Crippen molar-refractivity contribution in [3.8, 4) is 0 Å². The lowest BCUT2D eigenvalue weighted by Crippen LogP contribution is -2.55. The summed E-state index contributed by atoms with van der Waals surface area (Å²) in [6, 6.07) is -0.0972. The highest BCUT2D eigenvalue weighted by atomic mass is 127. The number of hydrogen-bond donors (Lipinski definition) is 5. The summed E-state index contributed by atoms with van der Waals surface area (Å²) in [5.41, 5.74) is 0.283. The van der Waals surface area contributed by atoms with Gasteiger partial charge in [-0.2, -0.15) is 0 Å². The first-order chi connectivity index (χ1) is 26.2. The van der Waals surface area contributed by atoms with E-state index in [9.17, 15) is 29.1 Å². The second-order valence-electron chi connectivity index (χ2n) is 15.6. The molecule has 4 fully saturated rings. The summed E-state index contributed by atoms with van der Waals surface area (Å²) in [5.74, 6) is -0.549. The summed E-state index contributed by atoms with van der Waals surface area (Å²) in [6.07, 6.45) is 12.5. The van der Waals surface area contributed by atoms with E-state index in [-0.39, 0.29) is 66.3 Å². The molecule has 9 atom stereocenters. The number of ether oxygens (including phenoxy) is 4. The minimum Gasteiger partial charge on any atom is -0.459 e. The molecule has 3 saturated heterocycles. The number of unbranched alkanes of at least 4 members (excludes halogenated alkanes) is 2. The molecule has 3 aliphatic heterocycles. The van der Waals surface area contributed by atoms with E-state index in [0.29, 0.717) is 49.7 Å². The van der Waals surface area contributed by atoms with Gasteiger partial charge in [-0.25, -0.2) is 0 Å². The van der Waals surface area contributed by atoms with Crippen molar-refractivity contribution in [3.63, 3.8) is 0 Å². The number of halogens is 1. The van der Waals surface area contributed by atoms with Crippen LogP contribution in [0.5, 0.6) is 0 Å². The third-order valence-electron chi connectivity index (χ3n) is 10.7. The van der Waals surface area contributed by atoms with Gasteiger partial charge >= 0.3 is 5.97 Å². The Hall–Kier alpha value is -2.86. The maximum atomic E-state index is 13.0. The third-order valence-corrected chi connectivity index (χ3v) is 11.4. The normalized spacial score (nSPS) is 32.4. The Morgan fingerprint density at radius 3 is 2.33 bits per heavy atom. The van der Waals surface area contributed by atoms with E-state index in [1.807, 2.05) is 48.6 Å². The number of epoxide rings is 1. The highest BCUT2D eigenvalue weighted by Crippen LogP contribution is 2.43. The minimum absolute atomic E-state index is 0.00225. The quantitative estimate of drug-likeness (QED) is 0.0245. The van der Waals surface area contributed by atoms with Crippen molar-refractivity contribution in [1.29, 1.82) is 0 Å². The number of carbonyl (C=O) groups excluding carboxylic acids is 5. The van der Waals surface area contributed by atoms with Gasteiger partial charge in [0, 0.05) is 44.5 Å². The summed E-state index contributed by atoms with van der Waals surface area (Å²) in [6.45, 7) is 10.1. The molecule has 0 unspecified atom stereocenters. The molecule has 15 heteroatoms. The van der Waals surface area contributed by atoms with Crippen molar-refractivity contribution >= 4 is 52.2 Å². The summed E-state index contributed by atoms with van der Waals surface area (Å²) < 4.78 is 23.7. The number of carbonyl (C=O) groups is 5. The molecule has 4 rings (SSSR count). The standard InChI is InChI=1S/C40H61IN4O10/c1-24(10-13-33-25(2)17-32(27(4)54-33)45-36(48)15-12-26(3)53-28(5)46)11-14-34-39(51)40(23-52-40)21-31(55-34)20-37(49)44-30-18-29(19-30)43-35(47)9-7-6-8-16-42-38(50)22-41/h10-12,14-15,25-27,29-34,39,51H,6-9,13,16-23H2,1-5H3,(H,42,50)(H,43,47)(H,44,49)(H,45,48)/b14-11+,15-12-,24-10+/t25-,26-,27+,29?,30?,31+,32+,33-,34+,39+,40+/m0/s1. The first-order valence-corrected chi connectivity index (χ1v) is 21.2. The number of hydrogen-bond acceptors (Lipinski definition) is 10. The van der Waals surface area contributed by atoms with E-state index >= 15 is 0 Å². The number of esters is 1. The maximum absolute atomic E-state index is 13.0. The number of nitrogens with one attached hydrogen (secondary N) is 4. The Kier molecular flexibility index (Phi) is 17.6. The van der Waals surface area contributed by atoms with Crippen LogP contribution in [0.4, 0.5) is 0 Å². The molecular weight excluding hydrogens is 823 g/mol. The van der Waals surface area contributed by atoms with Crippen molar-refractivity contribution in [3.05, 3.63) is 36.0 Å². The average molecular weight is 885 g/mol. The lowest BCUT2D eigenvalue weighted by Gasteiger charge is -2.39. The van der Waals surface area contributed by atoms with Crippen LogP contribution in [-0.2, 0) is 42.9 Å². The van der Waals surface area contributed by atoms with E-state index < -0.39 is 36.0 Å². The Morgan fingerprint density at radius 1 is 0.945 bits per heavy atom. The second-order valence-corrected chi connectivity index (χ2v) is 16.4. The largest absolute Gasteiger partial charge is 0.459 e. The fourth-order valence-electron chi connectivity index (χ4n) is 7.40. The monoisotopic (exact) mass is 884 g/mol. The number of alkyl halides is 1. The molecular formula is C40H61IN4O10. The number of amides is 4. The predicted octanol–water partition coefficient (Wildman–Crippen LogP) is 3.24. The molecule has 0 bridgehead atoms. The first-order valence-electron chi connectivity index (χ1n) is 19.7. The molecule has 55 heavy (non-hydrogen) atoms. The third kappa shape index (κ3) is 14.9. The highest BCUT2D eigenvalue weighted by molar-refractivity contribution is 14.1. The van der Waals surface area contributed by atoms with Gasteiger partial charge in [-0.05, 0) is 71.3 Å². The van der Waals surface area contributed by atoms with Crippen LogP contribution in [0.2, 0.25) is 0 Å². The van der Waals surface area contributed by atoms with Gasteiger partial charge in [0.1, 0.15) is 23.9 Å². The average Bonchev–Trinajstić information content (AvgIpc) is 3.88. The summed E-state index contributed by atoms with van der Waals surface area (Å²) in [7, 11) is 0.